The van der Waals surface area contributed by atoms with Gasteiger partial charge in [-0.1, -0.05) is 28.1 Å². The molecule has 2 aromatic rings. The molecule has 1 aliphatic heterocycles. The molecule has 1 N–H and O–H groups in total. The van der Waals surface area contributed by atoms with Crippen LogP contribution in [0.1, 0.15) is 17.5 Å². The lowest BCUT2D eigenvalue weighted by molar-refractivity contribution is 0.432. The van der Waals surface area contributed by atoms with E-state index in [1.54, 1.807) is 10.4 Å². The van der Waals surface area contributed by atoms with Crippen molar-refractivity contribution in [2.24, 2.45) is 0 Å². The van der Waals surface area contributed by atoms with Crippen LogP contribution in [0.5, 0.6) is 0 Å². The molecule has 2 aromatic carbocycles. The van der Waals surface area contributed by atoms with E-state index in [4.69, 9.17) is 0 Å². The lowest BCUT2D eigenvalue weighted by atomic mass is 10.1. The second kappa shape index (κ2) is 7.37. The molecule has 0 radical (unpaired) electrons. The Labute approximate surface area is 163 Å². The first-order valence-electron chi connectivity index (χ1n) is 8.18. The Bertz CT molecular complexity index is 894. The van der Waals surface area contributed by atoms with Gasteiger partial charge in [-0.2, -0.15) is 4.31 Å². The van der Waals surface area contributed by atoms with Crippen molar-refractivity contribution in [3.8, 4) is 11.1 Å². The van der Waals surface area contributed by atoms with Crippen LogP contribution >= 0.6 is 28.3 Å². The number of rotatable bonds is 2. The number of nitrogens with one attached hydrogen (secondary N) is 1. The molecule has 1 heterocycles. The van der Waals surface area contributed by atoms with Crippen molar-refractivity contribution < 1.29 is 8.42 Å². The van der Waals surface area contributed by atoms with Gasteiger partial charge in [0, 0.05) is 24.1 Å². The zero-order valence-corrected chi connectivity index (χ0v) is 16.9. The minimum absolute atomic E-state index is 0. The quantitative estimate of drug-likeness (QED) is 0.660. The first kappa shape index (κ1) is 18.9. The number of benzene rings is 2. The third-order valence-electron chi connectivity index (χ3n) is 4.75. The van der Waals surface area contributed by atoms with Crippen LogP contribution in [0.4, 0.5) is 0 Å². The molecule has 4 nitrogen and oxygen atoms in total. The molecular weight excluding hydrogens is 424 g/mol. The van der Waals surface area contributed by atoms with Crippen LogP contribution in [-0.2, 0) is 16.4 Å². The van der Waals surface area contributed by atoms with E-state index in [0.717, 1.165) is 35.0 Å². The van der Waals surface area contributed by atoms with E-state index in [9.17, 15) is 8.42 Å². The molecule has 0 saturated carbocycles. The standard InChI is InChI=1S/C18H19BrN2O2S.ClH/c19-15-2-4-17-13(11-15)10-14-12-16(3-5-18(14)17)24(22,23)21-8-1-6-20-7-9-21;/h2-5,11-12,20H,1,6-10H2;1H. The summed E-state index contributed by atoms with van der Waals surface area (Å²) >= 11 is 3.51. The molecule has 0 spiro atoms. The highest BCUT2D eigenvalue weighted by Crippen LogP contribution is 2.39. The van der Waals surface area contributed by atoms with Crippen molar-refractivity contribution in [2.75, 3.05) is 26.2 Å². The van der Waals surface area contributed by atoms with Crippen LogP contribution in [0.3, 0.4) is 0 Å². The number of hydrogen-bond acceptors (Lipinski definition) is 3. The van der Waals surface area contributed by atoms with Crippen LogP contribution in [0.2, 0.25) is 0 Å². The summed E-state index contributed by atoms with van der Waals surface area (Å²) in [5.74, 6) is 0. The van der Waals surface area contributed by atoms with Crippen LogP contribution in [0, 0.1) is 0 Å². The van der Waals surface area contributed by atoms with E-state index < -0.39 is 10.0 Å². The summed E-state index contributed by atoms with van der Waals surface area (Å²) in [6, 6.07) is 11.8. The molecule has 4 rings (SSSR count). The molecule has 0 amide bonds. The Morgan fingerprint density at radius 3 is 2.48 bits per heavy atom. The van der Waals surface area contributed by atoms with Gasteiger partial charge in [0.1, 0.15) is 0 Å². The molecule has 134 valence electrons. The fraction of sp³-hybridized carbons (Fsp3) is 0.333. The number of sulfonamides is 1. The van der Waals surface area contributed by atoms with E-state index in [1.165, 1.54) is 11.1 Å². The maximum Gasteiger partial charge on any atom is 0.243 e. The molecule has 1 fully saturated rings. The number of fused-ring (bicyclic) bond motifs is 3. The molecule has 0 aromatic heterocycles. The van der Waals surface area contributed by atoms with Gasteiger partial charge >= 0.3 is 0 Å². The smallest absolute Gasteiger partial charge is 0.243 e. The normalized spacial score (nSPS) is 17.3. The maximum absolute atomic E-state index is 13.0. The Morgan fingerprint density at radius 2 is 1.68 bits per heavy atom. The molecule has 0 bridgehead atoms. The van der Waals surface area contributed by atoms with E-state index in [0.29, 0.717) is 24.5 Å². The highest BCUT2D eigenvalue weighted by atomic mass is 79.9. The highest BCUT2D eigenvalue weighted by Gasteiger charge is 2.27. The zero-order chi connectivity index (χ0) is 16.7. The van der Waals surface area contributed by atoms with Crippen LogP contribution in [-0.4, -0.2) is 38.9 Å². The summed E-state index contributed by atoms with van der Waals surface area (Å²) < 4.78 is 28.6. The minimum Gasteiger partial charge on any atom is -0.315 e. The highest BCUT2D eigenvalue weighted by molar-refractivity contribution is 9.10. The fourth-order valence-electron chi connectivity index (χ4n) is 3.53. The summed E-state index contributed by atoms with van der Waals surface area (Å²) in [6.07, 6.45) is 1.64. The minimum atomic E-state index is -3.42. The molecule has 0 atom stereocenters. The lowest BCUT2D eigenvalue weighted by Crippen LogP contribution is -2.34. The molecule has 2 aliphatic rings. The van der Waals surface area contributed by atoms with E-state index in [2.05, 4.69) is 33.4 Å². The van der Waals surface area contributed by atoms with Crippen LogP contribution in [0.25, 0.3) is 11.1 Å². The lowest BCUT2D eigenvalue weighted by Gasteiger charge is -2.20. The second-order valence-electron chi connectivity index (χ2n) is 6.30. The Hall–Kier alpha value is -0.920. The van der Waals surface area contributed by atoms with E-state index in [-0.39, 0.29) is 12.4 Å². The third kappa shape index (κ3) is 3.51. The predicted molar refractivity (Wildman–Crippen MR) is 106 cm³/mol. The van der Waals surface area contributed by atoms with Crippen molar-refractivity contribution >= 4 is 38.4 Å². The van der Waals surface area contributed by atoms with Crippen molar-refractivity contribution in [1.29, 1.82) is 0 Å². The summed E-state index contributed by atoms with van der Waals surface area (Å²) in [4.78, 5) is 0.412. The van der Waals surface area contributed by atoms with Crippen molar-refractivity contribution in [1.82, 2.24) is 9.62 Å². The van der Waals surface area contributed by atoms with Gasteiger partial charge in [0.15, 0.2) is 0 Å². The monoisotopic (exact) mass is 442 g/mol. The van der Waals surface area contributed by atoms with Crippen LogP contribution in [0.15, 0.2) is 45.8 Å². The van der Waals surface area contributed by atoms with Gasteiger partial charge in [-0.3, -0.25) is 0 Å². The summed E-state index contributed by atoms with van der Waals surface area (Å²) in [5.41, 5.74) is 4.69. The maximum atomic E-state index is 13.0. The van der Waals surface area contributed by atoms with Gasteiger partial charge in [0.2, 0.25) is 10.0 Å². The van der Waals surface area contributed by atoms with Crippen molar-refractivity contribution in [3.05, 3.63) is 52.0 Å². The fourth-order valence-corrected chi connectivity index (χ4v) is 5.47. The molecule has 25 heavy (non-hydrogen) atoms. The van der Waals surface area contributed by atoms with E-state index in [1.807, 2.05) is 18.2 Å². The third-order valence-corrected chi connectivity index (χ3v) is 7.14. The topological polar surface area (TPSA) is 49.4 Å². The number of nitrogens with zero attached hydrogens (tertiary/aromatic N) is 1. The van der Waals surface area contributed by atoms with Gasteiger partial charge in [-0.05, 0) is 65.9 Å². The molecule has 0 unspecified atom stereocenters. The molecule has 1 aliphatic carbocycles. The van der Waals surface area contributed by atoms with Crippen molar-refractivity contribution in [3.63, 3.8) is 0 Å². The zero-order valence-electron chi connectivity index (χ0n) is 13.7. The Balaban J connectivity index is 0.00000182. The Morgan fingerprint density at radius 1 is 0.960 bits per heavy atom. The van der Waals surface area contributed by atoms with Gasteiger partial charge < -0.3 is 5.32 Å². The second-order valence-corrected chi connectivity index (χ2v) is 9.16. The first-order chi connectivity index (χ1) is 11.6. The molecule has 1 saturated heterocycles. The predicted octanol–water partition coefficient (Wildman–Crippen LogP) is 3.43. The molecule has 7 heteroatoms. The SMILES string of the molecule is Cl.O=S(=O)(c1ccc2c(c1)Cc1cc(Br)ccc1-2)N1CCCNCC1. The average Bonchev–Trinajstić information content (AvgIpc) is 2.73. The van der Waals surface area contributed by atoms with Gasteiger partial charge in [-0.25, -0.2) is 8.42 Å². The first-order valence-corrected chi connectivity index (χ1v) is 10.4. The Kier molecular flexibility index (Phi) is 5.56. The summed E-state index contributed by atoms with van der Waals surface area (Å²) in [5, 5.41) is 3.25. The van der Waals surface area contributed by atoms with Gasteiger partial charge in [-0.15, -0.1) is 12.4 Å². The number of halogens is 2. The van der Waals surface area contributed by atoms with E-state index >= 15 is 0 Å². The largest absolute Gasteiger partial charge is 0.315 e. The van der Waals surface area contributed by atoms with Crippen LogP contribution < -0.4 is 5.32 Å². The van der Waals surface area contributed by atoms with Gasteiger partial charge in [0.05, 0.1) is 4.90 Å². The van der Waals surface area contributed by atoms with Gasteiger partial charge in [0.25, 0.3) is 0 Å². The van der Waals surface area contributed by atoms with Crippen molar-refractivity contribution in [2.45, 2.75) is 17.7 Å². The average molecular weight is 444 g/mol. The number of hydrogen-bond donors (Lipinski definition) is 1. The summed E-state index contributed by atoms with van der Waals surface area (Å²) in [7, 11) is -3.42. The molecular formula is C18H20BrClN2O2S. The summed E-state index contributed by atoms with van der Waals surface area (Å²) in [6.45, 7) is 2.70.